The van der Waals surface area contributed by atoms with Crippen molar-refractivity contribution in [2.45, 2.75) is 13.5 Å². The van der Waals surface area contributed by atoms with E-state index in [-0.39, 0.29) is 17.2 Å². The number of halogens is 1. The largest absolute Gasteiger partial charge is 0.398 e. The number of hydrogen-bond donors (Lipinski definition) is 1. The molecule has 100 valence electrons. The molecule has 5 nitrogen and oxygen atoms in total. The smallest absolute Gasteiger partial charge is 0.256 e. The van der Waals surface area contributed by atoms with Crippen molar-refractivity contribution >= 4 is 11.6 Å². The van der Waals surface area contributed by atoms with E-state index in [1.807, 2.05) is 0 Å². The van der Waals surface area contributed by atoms with Crippen LogP contribution in [0.15, 0.2) is 28.8 Å². The minimum atomic E-state index is -0.469. The number of carbonyl (C=O) groups is 1. The predicted octanol–water partition coefficient (Wildman–Crippen LogP) is 1.98. The number of hydrogen-bond acceptors (Lipinski definition) is 4. The third kappa shape index (κ3) is 2.90. The standard InChI is InChI=1S/C13H14FN3O2/c1-8-5-10(16-19-8)7-17(2)13(18)11-4-3-9(14)6-12(11)15/h3-6H,7,15H2,1-2H3. The highest BCUT2D eigenvalue weighted by molar-refractivity contribution is 5.98. The van der Waals surface area contributed by atoms with Gasteiger partial charge in [-0.3, -0.25) is 4.79 Å². The Morgan fingerprint density at radius 2 is 2.21 bits per heavy atom. The number of nitrogen functional groups attached to an aromatic ring is 1. The fraction of sp³-hybridized carbons (Fsp3) is 0.231. The summed E-state index contributed by atoms with van der Waals surface area (Å²) in [4.78, 5) is 13.6. The highest BCUT2D eigenvalue weighted by Gasteiger charge is 2.16. The molecule has 0 fully saturated rings. The monoisotopic (exact) mass is 263 g/mol. The van der Waals surface area contributed by atoms with Gasteiger partial charge in [-0.25, -0.2) is 4.39 Å². The molecule has 0 saturated carbocycles. The number of rotatable bonds is 3. The van der Waals surface area contributed by atoms with E-state index in [9.17, 15) is 9.18 Å². The summed E-state index contributed by atoms with van der Waals surface area (Å²) in [7, 11) is 1.62. The lowest BCUT2D eigenvalue weighted by Crippen LogP contribution is -2.27. The van der Waals surface area contributed by atoms with Gasteiger partial charge in [-0.1, -0.05) is 5.16 Å². The molecule has 0 radical (unpaired) electrons. The minimum Gasteiger partial charge on any atom is -0.398 e. The quantitative estimate of drug-likeness (QED) is 0.859. The molecule has 0 aliphatic carbocycles. The van der Waals surface area contributed by atoms with Gasteiger partial charge in [-0.05, 0) is 25.1 Å². The van der Waals surface area contributed by atoms with Crippen molar-refractivity contribution in [1.82, 2.24) is 10.1 Å². The highest BCUT2D eigenvalue weighted by atomic mass is 19.1. The van der Waals surface area contributed by atoms with E-state index in [1.165, 1.54) is 17.0 Å². The molecule has 0 aliphatic rings. The highest BCUT2D eigenvalue weighted by Crippen LogP contribution is 2.16. The van der Waals surface area contributed by atoms with Crippen LogP contribution in [0.4, 0.5) is 10.1 Å². The van der Waals surface area contributed by atoms with Crippen LogP contribution in [0.2, 0.25) is 0 Å². The average molecular weight is 263 g/mol. The van der Waals surface area contributed by atoms with Crippen molar-refractivity contribution in [3.8, 4) is 0 Å². The summed E-state index contributed by atoms with van der Waals surface area (Å²) in [6, 6.07) is 5.45. The maximum absolute atomic E-state index is 12.9. The van der Waals surface area contributed by atoms with E-state index in [0.717, 1.165) is 6.07 Å². The number of nitrogens with two attached hydrogens (primary N) is 1. The van der Waals surface area contributed by atoms with Crippen molar-refractivity contribution in [3.63, 3.8) is 0 Å². The van der Waals surface area contributed by atoms with Crippen molar-refractivity contribution < 1.29 is 13.7 Å². The van der Waals surface area contributed by atoms with Crippen LogP contribution < -0.4 is 5.73 Å². The second kappa shape index (κ2) is 5.09. The molecule has 1 heterocycles. The molecule has 0 unspecified atom stereocenters. The van der Waals surface area contributed by atoms with E-state index >= 15 is 0 Å². The van der Waals surface area contributed by atoms with E-state index in [1.54, 1.807) is 20.0 Å². The summed E-state index contributed by atoms with van der Waals surface area (Å²) in [6.07, 6.45) is 0. The SMILES string of the molecule is Cc1cc(CN(C)C(=O)c2ccc(F)cc2N)no1. The van der Waals surface area contributed by atoms with Gasteiger partial charge in [0.05, 0.1) is 12.1 Å². The third-order valence-corrected chi connectivity index (χ3v) is 2.67. The number of anilines is 1. The van der Waals surface area contributed by atoms with Gasteiger partial charge in [-0.2, -0.15) is 0 Å². The van der Waals surface area contributed by atoms with Crippen LogP contribution in [-0.2, 0) is 6.54 Å². The molecule has 2 rings (SSSR count). The molecule has 1 aromatic carbocycles. The molecular weight excluding hydrogens is 249 g/mol. The Balaban J connectivity index is 2.14. The van der Waals surface area contributed by atoms with Crippen LogP contribution in [0.1, 0.15) is 21.8 Å². The molecule has 1 aromatic heterocycles. The van der Waals surface area contributed by atoms with Crippen molar-refractivity contribution in [1.29, 1.82) is 0 Å². The van der Waals surface area contributed by atoms with Crippen molar-refractivity contribution in [3.05, 3.63) is 47.1 Å². The molecule has 0 saturated heterocycles. The summed E-state index contributed by atoms with van der Waals surface area (Å²) < 4.78 is 17.9. The molecule has 0 spiro atoms. The third-order valence-electron chi connectivity index (χ3n) is 2.67. The normalized spacial score (nSPS) is 10.5. The maximum atomic E-state index is 12.9. The van der Waals surface area contributed by atoms with Crippen LogP contribution >= 0.6 is 0 Å². The zero-order chi connectivity index (χ0) is 14.0. The van der Waals surface area contributed by atoms with Crippen LogP contribution in [0.5, 0.6) is 0 Å². The lowest BCUT2D eigenvalue weighted by atomic mass is 10.1. The molecule has 19 heavy (non-hydrogen) atoms. The fourth-order valence-electron chi connectivity index (χ4n) is 1.74. The van der Waals surface area contributed by atoms with Gasteiger partial charge in [0.1, 0.15) is 17.3 Å². The van der Waals surface area contributed by atoms with Gasteiger partial charge in [0.2, 0.25) is 0 Å². The van der Waals surface area contributed by atoms with Crippen LogP contribution in [0.3, 0.4) is 0 Å². The Morgan fingerprint density at radius 1 is 1.47 bits per heavy atom. The van der Waals surface area contributed by atoms with Crippen molar-refractivity contribution in [2.75, 3.05) is 12.8 Å². The van der Waals surface area contributed by atoms with Crippen LogP contribution in [0, 0.1) is 12.7 Å². The van der Waals surface area contributed by atoms with Gasteiger partial charge < -0.3 is 15.2 Å². The Labute approximate surface area is 109 Å². The van der Waals surface area contributed by atoms with Crippen LogP contribution in [-0.4, -0.2) is 23.0 Å². The number of amides is 1. The first kappa shape index (κ1) is 13.1. The summed E-state index contributed by atoms with van der Waals surface area (Å²) in [5.41, 5.74) is 6.67. The molecule has 0 aliphatic heterocycles. The van der Waals surface area contributed by atoms with Gasteiger partial charge in [-0.15, -0.1) is 0 Å². The minimum absolute atomic E-state index is 0.119. The molecular formula is C13H14FN3O2. The fourth-order valence-corrected chi connectivity index (χ4v) is 1.74. The predicted molar refractivity (Wildman–Crippen MR) is 67.8 cm³/mol. The number of nitrogens with zero attached hydrogens (tertiary/aromatic N) is 2. The molecule has 0 atom stereocenters. The van der Waals surface area contributed by atoms with E-state index in [4.69, 9.17) is 10.3 Å². The molecule has 1 amide bonds. The molecule has 2 aromatic rings. The summed E-state index contributed by atoms with van der Waals surface area (Å²) >= 11 is 0. The lowest BCUT2D eigenvalue weighted by Gasteiger charge is -2.16. The Bertz CT molecular complexity index is 610. The van der Waals surface area contributed by atoms with E-state index < -0.39 is 5.82 Å². The summed E-state index contributed by atoms with van der Waals surface area (Å²) in [5.74, 6) is -0.0841. The zero-order valence-corrected chi connectivity index (χ0v) is 10.7. The second-order valence-electron chi connectivity index (χ2n) is 4.32. The van der Waals surface area contributed by atoms with Gasteiger partial charge in [0.15, 0.2) is 0 Å². The summed E-state index contributed by atoms with van der Waals surface area (Å²) in [5, 5.41) is 3.81. The first-order chi connectivity index (χ1) is 8.97. The number of carbonyl (C=O) groups excluding carboxylic acids is 1. The zero-order valence-electron chi connectivity index (χ0n) is 10.7. The lowest BCUT2D eigenvalue weighted by molar-refractivity contribution is 0.0783. The Morgan fingerprint density at radius 3 is 2.79 bits per heavy atom. The summed E-state index contributed by atoms with van der Waals surface area (Å²) in [6.45, 7) is 2.07. The Kier molecular flexibility index (Phi) is 3.50. The number of benzene rings is 1. The molecule has 6 heteroatoms. The topological polar surface area (TPSA) is 72.4 Å². The first-order valence-electron chi connectivity index (χ1n) is 5.70. The van der Waals surface area contributed by atoms with Crippen LogP contribution in [0.25, 0.3) is 0 Å². The van der Waals surface area contributed by atoms with E-state index in [2.05, 4.69) is 5.16 Å². The molecule has 0 bridgehead atoms. The van der Waals surface area contributed by atoms with Gasteiger partial charge in [0.25, 0.3) is 5.91 Å². The maximum Gasteiger partial charge on any atom is 0.256 e. The van der Waals surface area contributed by atoms with Gasteiger partial charge >= 0.3 is 0 Å². The van der Waals surface area contributed by atoms with Gasteiger partial charge in [0, 0.05) is 18.8 Å². The Hall–Kier alpha value is -2.37. The van der Waals surface area contributed by atoms with Crippen molar-refractivity contribution in [2.24, 2.45) is 0 Å². The first-order valence-corrected chi connectivity index (χ1v) is 5.70. The average Bonchev–Trinajstić information content (AvgIpc) is 2.74. The number of aryl methyl sites for hydroxylation is 1. The molecule has 2 N–H and O–H groups in total. The second-order valence-corrected chi connectivity index (χ2v) is 4.32. The number of aromatic nitrogens is 1. The van der Waals surface area contributed by atoms with E-state index in [0.29, 0.717) is 18.0 Å².